The lowest BCUT2D eigenvalue weighted by Gasteiger charge is -2.14. The van der Waals surface area contributed by atoms with Gasteiger partial charge in [-0.2, -0.15) is 4.31 Å². The first-order valence-corrected chi connectivity index (χ1v) is 9.09. The van der Waals surface area contributed by atoms with Crippen LogP contribution in [0.25, 0.3) is 0 Å². The lowest BCUT2D eigenvalue weighted by molar-refractivity contribution is 0.466. The average molecular weight is 302 g/mol. The van der Waals surface area contributed by atoms with Gasteiger partial charge in [0.1, 0.15) is 4.21 Å². The molecule has 0 aromatic carbocycles. The maximum atomic E-state index is 12.4. The Hall–Kier alpha value is -0.430. The van der Waals surface area contributed by atoms with Crippen molar-refractivity contribution < 1.29 is 8.42 Å². The van der Waals surface area contributed by atoms with E-state index in [1.165, 1.54) is 11.3 Å². The molecule has 2 rings (SSSR count). The highest BCUT2D eigenvalue weighted by molar-refractivity contribution is 7.91. The molecule has 1 aromatic rings. The second-order valence-electron chi connectivity index (χ2n) is 5.08. The van der Waals surface area contributed by atoms with Crippen molar-refractivity contribution >= 4 is 21.4 Å². The quantitative estimate of drug-likeness (QED) is 0.817. The molecule has 1 saturated heterocycles. The molecule has 0 spiro atoms. The highest BCUT2D eigenvalue weighted by Crippen LogP contribution is 2.28. The van der Waals surface area contributed by atoms with E-state index in [2.05, 4.69) is 19.2 Å². The van der Waals surface area contributed by atoms with Gasteiger partial charge in [0.2, 0.25) is 0 Å². The fourth-order valence-electron chi connectivity index (χ4n) is 2.26. The summed E-state index contributed by atoms with van der Waals surface area (Å²) >= 11 is 1.41. The van der Waals surface area contributed by atoms with Crippen LogP contribution in [0.1, 0.15) is 25.1 Å². The molecule has 1 N–H and O–H groups in total. The monoisotopic (exact) mass is 302 g/mol. The molecule has 19 heavy (non-hydrogen) atoms. The Kier molecular flexibility index (Phi) is 5.00. The van der Waals surface area contributed by atoms with Crippen LogP contribution in [0.4, 0.5) is 0 Å². The second-order valence-corrected chi connectivity index (χ2v) is 8.41. The van der Waals surface area contributed by atoms with Crippen molar-refractivity contribution in [2.75, 3.05) is 26.2 Å². The number of nitrogens with zero attached hydrogens (tertiary/aromatic N) is 1. The molecule has 6 heteroatoms. The van der Waals surface area contributed by atoms with Gasteiger partial charge in [-0.3, -0.25) is 0 Å². The summed E-state index contributed by atoms with van der Waals surface area (Å²) in [4.78, 5) is 1.13. The Balaban J connectivity index is 2.04. The molecule has 1 aliphatic rings. The van der Waals surface area contributed by atoms with Crippen molar-refractivity contribution in [2.45, 2.75) is 30.9 Å². The number of likely N-dealkylation sites (N-methyl/N-ethyl adjacent to an activating group) is 1. The Morgan fingerprint density at radius 1 is 1.47 bits per heavy atom. The van der Waals surface area contributed by atoms with E-state index in [0.717, 1.165) is 30.8 Å². The molecule has 0 bridgehead atoms. The molecule has 1 fully saturated rings. The van der Waals surface area contributed by atoms with Crippen molar-refractivity contribution in [3.8, 4) is 0 Å². The van der Waals surface area contributed by atoms with Gasteiger partial charge in [0.15, 0.2) is 0 Å². The zero-order valence-corrected chi connectivity index (χ0v) is 13.2. The summed E-state index contributed by atoms with van der Waals surface area (Å²) in [7, 11) is -3.25. The number of nitrogens with one attached hydrogen (secondary N) is 1. The first-order chi connectivity index (χ1) is 9.04. The number of sulfonamides is 1. The second kappa shape index (κ2) is 6.35. The van der Waals surface area contributed by atoms with Gasteiger partial charge in [-0.1, -0.05) is 13.8 Å². The van der Waals surface area contributed by atoms with Crippen LogP contribution >= 0.6 is 11.3 Å². The molecule has 1 atom stereocenters. The molecule has 0 aliphatic carbocycles. The maximum absolute atomic E-state index is 12.4. The van der Waals surface area contributed by atoms with Gasteiger partial charge >= 0.3 is 0 Å². The summed E-state index contributed by atoms with van der Waals surface area (Å²) in [6.45, 7) is 7.34. The predicted molar refractivity (Wildman–Crippen MR) is 79.1 cm³/mol. The standard InChI is InChI=1S/C13H22N2O2S2/c1-3-14-8-6-12-4-5-13(18-12)19(16,17)15-9-7-11(2)10-15/h4-5,11,14H,3,6-10H2,1-2H3. The first-order valence-electron chi connectivity index (χ1n) is 6.83. The molecule has 1 aliphatic heterocycles. The Morgan fingerprint density at radius 3 is 2.89 bits per heavy atom. The number of thiophene rings is 1. The lowest BCUT2D eigenvalue weighted by atomic mass is 10.2. The normalized spacial score (nSPS) is 21.1. The van der Waals surface area contributed by atoms with Crippen LogP contribution in [0.2, 0.25) is 0 Å². The fourth-order valence-corrected chi connectivity index (χ4v) is 5.34. The third-order valence-electron chi connectivity index (χ3n) is 3.42. The van der Waals surface area contributed by atoms with Crippen LogP contribution in [0.5, 0.6) is 0 Å². The van der Waals surface area contributed by atoms with Gasteiger partial charge in [-0.15, -0.1) is 11.3 Å². The van der Waals surface area contributed by atoms with E-state index in [1.54, 1.807) is 10.4 Å². The molecule has 1 unspecified atom stereocenters. The molecular weight excluding hydrogens is 280 g/mol. The number of rotatable bonds is 6. The maximum Gasteiger partial charge on any atom is 0.252 e. The average Bonchev–Trinajstić information content (AvgIpc) is 2.99. The number of hydrogen-bond donors (Lipinski definition) is 1. The Labute approximate surface area is 119 Å². The minimum atomic E-state index is -3.25. The van der Waals surface area contributed by atoms with E-state index in [1.807, 2.05) is 6.07 Å². The van der Waals surface area contributed by atoms with Gasteiger partial charge < -0.3 is 5.32 Å². The third-order valence-corrected chi connectivity index (χ3v) is 6.89. The predicted octanol–water partition coefficient (Wildman–Crippen LogP) is 1.93. The van der Waals surface area contributed by atoms with Gasteiger partial charge in [-0.25, -0.2) is 8.42 Å². The summed E-state index contributed by atoms with van der Waals surface area (Å²) in [6.07, 6.45) is 1.86. The fraction of sp³-hybridized carbons (Fsp3) is 0.692. The summed E-state index contributed by atoms with van der Waals surface area (Å²) < 4.78 is 27.0. The third kappa shape index (κ3) is 3.56. The summed E-state index contributed by atoms with van der Waals surface area (Å²) in [6, 6.07) is 3.69. The molecule has 4 nitrogen and oxygen atoms in total. The molecule has 0 saturated carbocycles. The summed E-state index contributed by atoms with van der Waals surface area (Å²) in [5.74, 6) is 0.475. The summed E-state index contributed by atoms with van der Waals surface area (Å²) in [5.41, 5.74) is 0. The van der Waals surface area contributed by atoms with E-state index >= 15 is 0 Å². The van der Waals surface area contributed by atoms with E-state index in [0.29, 0.717) is 23.2 Å². The number of hydrogen-bond acceptors (Lipinski definition) is 4. The largest absolute Gasteiger partial charge is 0.317 e. The van der Waals surface area contributed by atoms with Crippen LogP contribution in [0.15, 0.2) is 16.3 Å². The molecule has 0 amide bonds. The summed E-state index contributed by atoms with van der Waals surface area (Å²) in [5, 5.41) is 3.25. The van der Waals surface area contributed by atoms with Crippen LogP contribution in [-0.2, 0) is 16.4 Å². The minimum Gasteiger partial charge on any atom is -0.317 e. The Bertz CT molecular complexity index is 510. The van der Waals surface area contributed by atoms with Gasteiger partial charge in [0, 0.05) is 18.0 Å². The Morgan fingerprint density at radius 2 is 2.26 bits per heavy atom. The van der Waals surface area contributed by atoms with Gasteiger partial charge in [-0.05, 0) is 44.0 Å². The molecular formula is C13H22N2O2S2. The topological polar surface area (TPSA) is 49.4 Å². The zero-order chi connectivity index (χ0) is 13.9. The van der Waals surface area contributed by atoms with Crippen LogP contribution in [0, 0.1) is 5.92 Å². The van der Waals surface area contributed by atoms with E-state index < -0.39 is 10.0 Å². The molecule has 108 valence electrons. The smallest absolute Gasteiger partial charge is 0.252 e. The van der Waals surface area contributed by atoms with Crippen molar-refractivity contribution in [2.24, 2.45) is 5.92 Å². The SMILES string of the molecule is CCNCCc1ccc(S(=O)(=O)N2CCC(C)C2)s1. The molecule has 2 heterocycles. The molecule has 0 radical (unpaired) electrons. The van der Waals surface area contributed by atoms with Crippen molar-refractivity contribution in [3.05, 3.63) is 17.0 Å². The van der Waals surface area contributed by atoms with Crippen LogP contribution < -0.4 is 5.32 Å². The van der Waals surface area contributed by atoms with E-state index in [-0.39, 0.29) is 0 Å². The molecule has 1 aromatic heterocycles. The zero-order valence-electron chi connectivity index (χ0n) is 11.6. The lowest BCUT2D eigenvalue weighted by Crippen LogP contribution is -2.27. The van der Waals surface area contributed by atoms with Crippen LogP contribution in [0.3, 0.4) is 0 Å². The highest BCUT2D eigenvalue weighted by atomic mass is 32.2. The van der Waals surface area contributed by atoms with Gasteiger partial charge in [0.05, 0.1) is 0 Å². The van der Waals surface area contributed by atoms with E-state index in [4.69, 9.17) is 0 Å². The minimum absolute atomic E-state index is 0.475. The highest BCUT2D eigenvalue weighted by Gasteiger charge is 2.31. The van der Waals surface area contributed by atoms with Gasteiger partial charge in [0.25, 0.3) is 10.0 Å². The van der Waals surface area contributed by atoms with Crippen molar-refractivity contribution in [3.63, 3.8) is 0 Å². The van der Waals surface area contributed by atoms with Crippen LogP contribution in [-0.4, -0.2) is 38.9 Å². The van der Waals surface area contributed by atoms with Crippen molar-refractivity contribution in [1.29, 1.82) is 0 Å². The van der Waals surface area contributed by atoms with E-state index in [9.17, 15) is 8.42 Å². The van der Waals surface area contributed by atoms with Crippen molar-refractivity contribution in [1.82, 2.24) is 9.62 Å². The first kappa shape index (κ1) is 15.0.